The molecule has 2 atom stereocenters. The summed E-state index contributed by atoms with van der Waals surface area (Å²) in [6.45, 7) is 1.59. The van der Waals surface area contributed by atoms with E-state index < -0.39 is 40.1 Å². The molecule has 10 nitrogen and oxygen atoms in total. The summed E-state index contributed by atoms with van der Waals surface area (Å²) in [6.07, 6.45) is 3.44. The number of hydrogen-bond donors (Lipinski definition) is 2. The quantitative estimate of drug-likeness (QED) is 0.624. The zero-order valence-corrected chi connectivity index (χ0v) is 18.1. The minimum Gasteiger partial charge on any atom is -0.480 e. The van der Waals surface area contributed by atoms with E-state index in [0.717, 1.165) is 23.4 Å². The number of likely N-dealkylation sites (tertiary alicyclic amines) is 1. The summed E-state index contributed by atoms with van der Waals surface area (Å²) in [5, 5.41) is 12.0. The van der Waals surface area contributed by atoms with Crippen molar-refractivity contribution in [3.8, 4) is 5.75 Å². The van der Waals surface area contributed by atoms with Gasteiger partial charge in [0, 0.05) is 26.1 Å². The number of rotatable bonds is 7. The molecular formula is C20H27N3O7S. The molecule has 2 heterocycles. The van der Waals surface area contributed by atoms with E-state index in [9.17, 15) is 27.9 Å². The van der Waals surface area contributed by atoms with Crippen LogP contribution in [0.4, 0.5) is 4.79 Å². The summed E-state index contributed by atoms with van der Waals surface area (Å²) in [7, 11) is -3.55. The molecule has 2 aliphatic heterocycles. The third-order valence-electron chi connectivity index (χ3n) is 5.48. The van der Waals surface area contributed by atoms with Gasteiger partial charge < -0.3 is 20.1 Å². The lowest BCUT2D eigenvalue weighted by atomic mass is 10.1. The van der Waals surface area contributed by atoms with Crippen molar-refractivity contribution in [1.29, 1.82) is 0 Å². The monoisotopic (exact) mass is 453 g/mol. The Kier molecular flexibility index (Phi) is 7.16. The number of benzene rings is 1. The molecule has 0 bridgehead atoms. The Morgan fingerprint density at radius 2 is 1.77 bits per heavy atom. The largest absolute Gasteiger partial charge is 0.480 e. The van der Waals surface area contributed by atoms with Crippen LogP contribution in [0.25, 0.3) is 0 Å². The highest BCUT2D eigenvalue weighted by Gasteiger charge is 2.37. The van der Waals surface area contributed by atoms with E-state index in [2.05, 4.69) is 5.32 Å². The number of hydrogen-bond acceptors (Lipinski definition) is 6. The van der Waals surface area contributed by atoms with Crippen LogP contribution in [0.3, 0.4) is 0 Å². The van der Waals surface area contributed by atoms with Gasteiger partial charge in [-0.25, -0.2) is 18.0 Å². The minimum absolute atomic E-state index is 0.00696. The fraction of sp³-hybridized carbons (Fsp3) is 0.550. The molecule has 0 radical (unpaired) electrons. The Morgan fingerprint density at radius 3 is 2.35 bits per heavy atom. The third-order valence-corrected chi connectivity index (χ3v) is 6.77. The maximum Gasteiger partial charge on any atom is 0.415 e. The summed E-state index contributed by atoms with van der Waals surface area (Å²) in [5.41, 5.74) is 0.625. The van der Waals surface area contributed by atoms with Gasteiger partial charge >= 0.3 is 12.1 Å². The predicted octanol–water partition coefficient (Wildman–Crippen LogP) is 0.817. The van der Waals surface area contributed by atoms with Crippen molar-refractivity contribution < 1.29 is 32.6 Å². The molecule has 3 rings (SSSR count). The summed E-state index contributed by atoms with van der Waals surface area (Å²) in [6, 6.07) is 4.30. The average molecular weight is 454 g/mol. The first-order valence-corrected chi connectivity index (χ1v) is 12.1. The van der Waals surface area contributed by atoms with Gasteiger partial charge in [-0.1, -0.05) is 12.1 Å². The van der Waals surface area contributed by atoms with Crippen LogP contribution in [-0.4, -0.2) is 78.7 Å². The first-order chi connectivity index (χ1) is 14.6. The van der Waals surface area contributed by atoms with Gasteiger partial charge in [0.2, 0.25) is 15.9 Å². The predicted molar refractivity (Wildman–Crippen MR) is 111 cm³/mol. The maximum atomic E-state index is 12.6. The smallest absolute Gasteiger partial charge is 0.415 e. The number of carbonyl (C=O) groups is 3. The minimum atomic E-state index is -3.55. The van der Waals surface area contributed by atoms with Crippen molar-refractivity contribution >= 4 is 28.0 Å². The Hall–Kier alpha value is -2.66. The van der Waals surface area contributed by atoms with Crippen molar-refractivity contribution in [2.45, 2.75) is 44.2 Å². The van der Waals surface area contributed by atoms with Gasteiger partial charge in [0.05, 0.1) is 6.26 Å². The molecule has 2 fully saturated rings. The first-order valence-electron chi connectivity index (χ1n) is 10.2. The Labute approximate surface area is 181 Å². The number of amides is 2. The molecule has 1 aromatic rings. The van der Waals surface area contributed by atoms with Crippen LogP contribution in [-0.2, 0) is 26.0 Å². The van der Waals surface area contributed by atoms with E-state index in [1.54, 1.807) is 29.2 Å². The van der Waals surface area contributed by atoms with Crippen molar-refractivity contribution in [3.63, 3.8) is 0 Å². The number of aliphatic carboxylic acids is 1. The van der Waals surface area contributed by atoms with Gasteiger partial charge in [-0.3, -0.25) is 4.79 Å². The van der Waals surface area contributed by atoms with Crippen LogP contribution >= 0.6 is 0 Å². The van der Waals surface area contributed by atoms with Gasteiger partial charge in [0.25, 0.3) is 0 Å². The lowest BCUT2D eigenvalue weighted by Crippen LogP contribution is -2.51. The molecule has 2 aliphatic rings. The van der Waals surface area contributed by atoms with Gasteiger partial charge in [-0.15, -0.1) is 0 Å². The number of ether oxygens (including phenoxy) is 1. The van der Waals surface area contributed by atoms with Crippen LogP contribution < -0.4 is 10.1 Å². The normalized spacial score (nSPS) is 20.4. The topological polar surface area (TPSA) is 133 Å². The number of carboxylic acids is 1. The molecule has 31 heavy (non-hydrogen) atoms. The number of nitrogens with zero attached hydrogens (tertiary/aromatic N) is 2. The molecule has 0 saturated carbocycles. The second kappa shape index (κ2) is 9.65. The zero-order chi connectivity index (χ0) is 22.6. The van der Waals surface area contributed by atoms with Crippen LogP contribution in [0, 0.1) is 0 Å². The summed E-state index contributed by atoms with van der Waals surface area (Å²) in [4.78, 5) is 37.9. The van der Waals surface area contributed by atoms with Gasteiger partial charge in [-0.05, 0) is 43.4 Å². The lowest BCUT2D eigenvalue weighted by molar-refractivity contribution is -0.142. The second-order valence-corrected chi connectivity index (χ2v) is 9.78. The van der Waals surface area contributed by atoms with Gasteiger partial charge in [0.15, 0.2) is 0 Å². The molecule has 0 spiro atoms. The second-order valence-electron chi connectivity index (χ2n) is 7.84. The fourth-order valence-corrected chi connectivity index (χ4v) is 4.99. The summed E-state index contributed by atoms with van der Waals surface area (Å²) >= 11 is 0. The molecule has 0 aliphatic carbocycles. The number of sulfonamides is 1. The highest BCUT2D eigenvalue weighted by atomic mass is 32.2. The van der Waals surface area contributed by atoms with Crippen LogP contribution in [0.15, 0.2) is 24.3 Å². The molecule has 0 aromatic heterocycles. The lowest BCUT2D eigenvalue weighted by Gasteiger charge is -2.23. The molecule has 1 aromatic carbocycles. The number of carbonyl (C=O) groups excluding carboxylic acids is 2. The summed E-state index contributed by atoms with van der Waals surface area (Å²) in [5.74, 6) is -1.49. The van der Waals surface area contributed by atoms with E-state index in [4.69, 9.17) is 4.74 Å². The van der Waals surface area contributed by atoms with Crippen molar-refractivity contribution in [2.75, 3.05) is 25.9 Å². The zero-order valence-electron chi connectivity index (χ0n) is 17.3. The van der Waals surface area contributed by atoms with E-state index in [0.29, 0.717) is 37.2 Å². The molecule has 11 heteroatoms. The van der Waals surface area contributed by atoms with Gasteiger partial charge in [0.1, 0.15) is 17.8 Å². The van der Waals surface area contributed by atoms with Crippen LogP contribution in [0.2, 0.25) is 0 Å². The third kappa shape index (κ3) is 5.95. The van der Waals surface area contributed by atoms with Crippen LogP contribution in [0.5, 0.6) is 5.75 Å². The average Bonchev–Trinajstić information content (AvgIpc) is 3.40. The van der Waals surface area contributed by atoms with Crippen molar-refractivity contribution in [1.82, 2.24) is 14.5 Å². The molecular weight excluding hydrogens is 426 g/mol. The number of carboxylic acid groups (broad SMARTS) is 1. The molecule has 170 valence electrons. The molecule has 0 unspecified atom stereocenters. The molecule has 2 N–H and O–H groups in total. The highest BCUT2D eigenvalue weighted by Crippen LogP contribution is 2.21. The number of nitrogens with one attached hydrogen (secondary N) is 1. The SMILES string of the molecule is CS(=O)(=O)N1CCC[C@H]1C(=O)N[C@@H](Cc1ccc(OC(=O)N2CCCC2)cc1)C(=O)O. The maximum absolute atomic E-state index is 12.6. The summed E-state index contributed by atoms with van der Waals surface area (Å²) < 4.78 is 30.1. The fourth-order valence-electron chi connectivity index (χ4n) is 3.86. The Morgan fingerprint density at radius 1 is 1.13 bits per heavy atom. The molecule has 2 amide bonds. The van der Waals surface area contributed by atoms with E-state index in [1.807, 2.05) is 0 Å². The van der Waals surface area contributed by atoms with Crippen LogP contribution in [0.1, 0.15) is 31.2 Å². The standard InChI is InChI=1S/C20H27N3O7S/c1-31(28,29)23-12-4-5-17(23)18(24)21-16(19(25)26)13-14-6-8-15(9-7-14)30-20(27)22-10-2-3-11-22/h6-9,16-17H,2-5,10-13H2,1H3,(H,21,24)(H,25,26)/t16-,17-/m0/s1. The molecule has 2 saturated heterocycles. The van der Waals surface area contributed by atoms with Crippen molar-refractivity contribution in [3.05, 3.63) is 29.8 Å². The first kappa shape index (κ1) is 23.0. The van der Waals surface area contributed by atoms with Gasteiger partial charge in [-0.2, -0.15) is 4.31 Å². The van der Waals surface area contributed by atoms with Crippen molar-refractivity contribution in [2.24, 2.45) is 0 Å². The van der Waals surface area contributed by atoms with E-state index >= 15 is 0 Å². The Bertz CT molecular complexity index is 927. The van der Waals surface area contributed by atoms with E-state index in [-0.39, 0.29) is 13.0 Å². The highest BCUT2D eigenvalue weighted by molar-refractivity contribution is 7.88. The Balaban J connectivity index is 1.60. The van der Waals surface area contributed by atoms with E-state index in [1.165, 1.54) is 0 Å².